The number of aryl methyl sites for hydroxylation is 1. The van der Waals surface area contributed by atoms with E-state index in [0.29, 0.717) is 0 Å². The number of guanidine groups is 1. The van der Waals surface area contributed by atoms with Crippen molar-refractivity contribution in [2.45, 2.75) is 39.5 Å². The van der Waals surface area contributed by atoms with Crippen molar-refractivity contribution in [1.29, 1.82) is 0 Å². The second-order valence-corrected chi connectivity index (χ2v) is 7.41. The third kappa shape index (κ3) is 5.45. The lowest BCUT2D eigenvalue weighted by Crippen LogP contribution is -2.40. The lowest BCUT2D eigenvalue weighted by molar-refractivity contribution is 0.0625. The number of pyridine rings is 1. The number of hydrogen-bond acceptors (Lipinski definition) is 3. The zero-order valence-corrected chi connectivity index (χ0v) is 16.9. The summed E-state index contributed by atoms with van der Waals surface area (Å²) in [6, 6.07) is 4.16. The molecule has 0 unspecified atom stereocenters. The first-order valence-electron chi connectivity index (χ1n) is 10.2. The normalized spacial score (nSPS) is 16.0. The topological polar surface area (TPSA) is 54.2 Å². The molecule has 2 aromatic heterocycles. The summed E-state index contributed by atoms with van der Waals surface area (Å²) in [6.45, 7) is 8.71. The molecule has 0 atom stereocenters. The Morgan fingerprint density at radius 2 is 2.22 bits per heavy atom. The van der Waals surface area contributed by atoms with Crippen LogP contribution in [0.4, 0.5) is 0 Å². The Morgan fingerprint density at radius 1 is 1.41 bits per heavy atom. The molecule has 0 saturated carbocycles. The molecule has 3 heterocycles. The maximum atomic E-state index is 5.46. The molecule has 1 fully saturated rings. The molecule has 1 aliphatic heterocycles. The molecule has 3 rings (SSSR count). The van der Waals surface area contributed by atoms with Crippen LogP contribution < -0.4 is 5.32 Å². The number of nitrogens with one attached hydrogen (secondary N) is 1. The van der Waals surface area contributed by atoms with Crippen molar-refractivity contribution in [3.63, 3.8) is 0 Å². The summed E-state index contributed by atoms with van der Waals surface area (Å²) in [4.78, 5) is 11.8. The SMILES string of the molecule is CCNC(=NCCc1cn2cccc(C)c2n1)N(C)CCC1CCOCC1. The van der Waals surface area contributed by atoms with Gasteiger partial charge in [-0.25, -0.2) is 4.98 Å². The minimum absolute atomic E-state index is 0.743. The van der Waals surface area contributed by atoms with E-state index in [1.807, 2.05) is 0 Å². The van der Waals surface area contributed by atoms with Gasteiger partial charge in [0.1, 0.15) is 5.65 Å². The van der Waals surface area contributed by atoms with E-state index in [0.717, 1.165) is 62.5 Å². The van der Waals surface area contributed by atoms with Gasteiger partial charge in [-0.2, -0.15) is 0 Å². The summed E-state index contributed by atoms with van der Waals surface area (Å²) >= 11 is 0. The molecule has 0 spiro atoms. The zero-order valence-electron chi connectivity index (χ0n) is 16.9. The number of hydrogen-bond donors (Lipinski definition) is 1. The van der Waals surface area contributed by atoms with Crippen LogP contribution in [-0.2, 0) is 11.2 Å². The molecule has 27 heavy (non-hydrogen) atoms. The fraction of sp³-hybridized carbons (Fsp3) is 0.619. The highest BCUT2D eigenvalue weighted by molar-refractivity contribution is 5.79. The lowest BCUT2D eigenvalue weighted by Gasteiger charge is -2.26. The highest BCUT2D eigenvalue weighted by atomic mass is 16.5. The molecule has 0 bridgehead atoms. The molecular weight excluding hydrogens is 338 g/mol. The first-order valence-corrected chi connectivity index (χ1v) is 10.2. The van der Waals surface area contributed by atoms with E-state index in [1.165, 1.54) is 24.8 Å². The molecule has 0 radical (unpaired) electrons. The van der Waals surface area contributed by atoms with Crippen molar-refractivity contribution in [1.82, 2.24) is 19.6 Å². The number of nitrogens with zero attached hydrogens (tertiary/aromatic N) is 4. The largest absolute Gasteiger partial charge is 0.381 e. The van der Waals surface area contributed by atoms with Gasteiger partial charge in [-0.3, -0.25) is 4.99 Å². The summed E-state index contributed by atoms with van der Waals surface area (Å²) in [5, 5.41) is 3.42. The van der Waals surface area contributed by atoms with Crippen molar-refractivity contribution < 1.29 is 4.74 Å². The van der Waals surface area contributed by atoms with Gasteiger partial charge < -0.3 is 19.4 Å². The average molecular weight is 372 g/mol. The number of ether oxygens (including phenoxy) is 1. The summed E-state index contributed by atoms with van der Waals surface area (Å²) in [5.74, 6) is 1.77. The Labute approximate surface area is 162 Å². The van der Waals surface area contributed by atoms with Gasteiger partial charge in [-0.15, -0.1) is 0 Å². The average Bonchev–Trinajstić information content (AvgIpc) is 3.11. The number of aromatic nitrogens is 2. The lowest BCUT2D eigenvalue weighted by atomic mass is 9.96. The number of fused-ring (bicyclic) bond motifs is 1. The number of rotatable bonds is 7. The van der Waals surface area contributed by atoms with Crippen LogP contribution in [0.2, 0.25) is 0 Å². The van der Waals surface area contributed by atoms with Crippen LogP contribution in [0.25, 0.3) is 5.65 Å². The molecule has 148 valence electrons. The van der Waals surface area contributed by atoms with Crippen LogP contribution in [0.1, 0.15) is 37.4 Å². The maximum Gasteiger partial charge on any atom is 0.193 e. The quantitative estimate of drug-likeness (QED) is 0.601. The third-order valence-corrected chi connectivity index (χ3v) is 5.27. The maximum absolute atomic E-state index is 5.46. The van der Waals surface area contributed by atoms with Gasteiger partial charge in [0.2, 0.25) is 0 Å². The van der Waals surface area contributed by atoms with E-state index >= 15 is 0 Å². The van der Waals surface area contributed by atoms with Gasteiger partial charge in [0.05, 0.1) is 5.69 Å². The summed E-state index contributed by atoms with van der Waals surface area (Å²) in [6.07, 6.45) is 8.60. The minimum atomic E-state index is 0.743. The van der Waals surface area contributed by atoms with Crippen LogP contribution in [0, 0.1) is 12.8 Å². The fourth-order valence-electron chi connectivity index (χ4n) is 3.59. The Hall–Kier alpha value is -2.08. The van der Waals surface area contributed by atoms with Crippen molar-refractivity contribution in [3.8, 4) is 0 Å². The Kier molecular flexibility index (Phi) is 7.10. The van der Waals surface area contributed by atoms with Crippen LogP contribution in [0.5, 0.6) is 0 Å². The number of imidazole rings is 1. The number of aliphatic imine (C=N–C) groups is 1. The van der Waals surface area contributed by atoms with Crippen LogP contribution in [0.3, 0.4) is 0 Å². The minimum Gasteiger partial charge on any atom is -0.381 e. The Morgan fingerprint density at radius 3 is 2.96 bits per heavy atom. The van der Waals surface area contributed by atoms with E-state index in [-0.39, 0.29) is 0 Å². The van der Waals surface area contributed by atoms with E-state index in [4.69, 9.17) is 14.7 Å². The molecule has 6 nitrogen and oxygen atoms in total. The molecule has 0 aromatic carbocycles. The summed E-state index contributed by atoms with van der Waals surface area (Å²) < 4.78 is 7.56. The monoisotopic (exact) mass is 371 g/mol. The van der Waals surface area contributed by atoms with Crippen LogP contribution in [-0.4, -0.2) is 60.1 Å². The van der Waals surface area contributed by atoms with E-state index < -0.39 is 0 Å². The predicted octanol–water partition coefficient (Wildman–Crippen LogP) is 2.90. The van der Waals surface area contributed by atoms with Gasteiger partial charge >= 0.3 is 0 Å². The third-order valence-electron chi connectivity index (χ3n) is 5.27. The van der Waals surface area contributed by atoms with Gasteiger partial charge in [0.15, 0.2) is 5.96 Å². The fourth-order valence-corrected chi connectivity index (χ4v) is 3.59. The van der Waals surface area contributed by atoms with Gasteiger partial charge in [0.25, 0.3) is 0 Å². The van der Waals surface area contributed by atoms with E-state index in [1.54, 1.807) is 0 Å². The van der Waals surface area contributed by atoms with Gasteiger partial charge in [-0.05, 0) is 50.7 Å². The predicted molar refractivity (Wildman–Crippen MR) is 110 cm³/mol. The summed E-state index contributed by atoms with van der Waals surface area (Å²) in [5.41, 5.74) is 3.33. The zero-order chi connectivity index (χ0) is 19.1. The first-order chi connectivity index (χ1) is 13.2. The highest BCUT2D eigenvalue weighted by Gasteiger charge is 2.15. The van der Waals surface area contributed by atoms with Crippen molar-refractivity contribution in [3.05, 3.63) is 35.8 Å². The smallest absolute Gasteiger partial charge is 0.193 e. The first kappa shape index (κ1) is 19.7. The van der Waals surface area contributed by atoms with Crippen LogP contribution >= 0.6 is 0 Å². The second-order valence-electron chi connectivity index (χ2n) is 7.41. The Bertz CT molecular complexity index is 748. The van der Waals surface area contributed by atoms with Crippen LogP contribution in [0.15, 0.2) is 29.5 Å². The second kappa shape index (κ2) is 9.74. The van der Waals surface area contributed by atoms with Crippen molar-refractivity contribution in [2.75, 3.05) is 39.9 Å². The van der Waals surface area contributed by atoms with E-state index in [2.05, 4.69) is 60.0 Å². The molecular formula is C21H33N5O. The molecule has 1 aliphatic rings. The van der Waals surface area contributed by atoms with Gasteiger partial charge in [0, 0.05) is 58.7 Å². The highest BCUT2D eigenvalue weighted by Crippen LogP contribution is 2.18. The molecule has 0 aliphatic carbocycles. The van der Waals surface area contributed by atoms with E-state index in [9.17, 15) is 0 Å². The summed E-state index contributed by atoms with van der Waals surface area (Å²) in [7, 11) is 2.13. The standard InChI is InChI=1S/C21H33N5O/c1-4-22-21(25(3)13-8-18-9-14-27-15-10-18)23-11-7-19-16-26-12-5-6-17(2)20(26)24-19/h5-6,12,16,18H,4,7-11,13-15H2,1-3H3,(H,22,23). The molecule has 1 N–H and O–H groups in total. The molecule has 6 heteroatoms. The van der Waals surface area contributed by atoms with Crippen molar-refractivity contribution >= 4 is 11.6 Å². The molecule has 2 aromatic rings. The molecule has 1 saturated heterocycles. The van der Waals surface area contributed by atoms with Gasteiger partial charge in [-0.1, -0.05) is 6.07 Å². The van der Waals surface area contributed by atoms with Crippen molar-refractivity contribution in [2.24, 2.45) is 10.9 Å². The Balaban J connectivity index is 1.54. The molecule has 0 amide bonds.